The van der Waals surface area contributed by atoms with Crippen molar-refractivity contribution in [1.29, 1.82) is 0 Å². The third-order valence-electron chi connectivity index (χ3n) is 6.52. The van der Waals surface area contributed by atoms with Crippen molar-refractivity contribution in [1.82, 2.24) is 4.90 Å². The molecule has 0 spiro atoms. The molecule has 2 heterocycles. The molecule has 1 aliphatic heterocycles. The second kappa shape index (κ2) is 11.8. The van der Waals surface area contributed by atoms with Crippen molar-refractivity contribution in [2.45, 2.75) is 32.5 Å². The molecule has 1 aliphatic rings. The molecule has 3 aromatic carbocycles. The molecule has 0 unspecified atom stereocenters. The number of nitrogens with zero attached hydrogens (tertiary/aromatic N) is 1. The van der Waals surface area contributed by atoms with E-state index in [0.717, 1.165) is 5.56 Å². The Labute approximate surface area is 238 Å². The Morgan fingerprint density at radius 1 is 1.07 bits per heavy atom. The number of hydrogen-bond acceptors (Lipinski definition) is 7. The summed E-state index contributed by atoms with van der Waals surface area (Å²) in [5.41, 5.74) is 0.246. The van der Waals surface area contributed by atoms with Crippen LogP contribution in [0.5, 0.6) is 17.2 Å². The van der Waals surface area contributed by atoms with Crippen LogP contribution in [0.3, 0.4) is 0 Å². The van der Waals surface area contributed by atoms with Crippen LogP contribution in [-0.2, 0) is 23.9 Å². The van der Waals surface area contributed by atoms with Crippen LogP contribution in [0.2, 0.25) is 5.02 Å². The maximum absolute atomic E-state index is 14.2. The number of rotatable bonds is 8. The summed E-state index contributed by atoms with van der Waals surface area (Å²) >= 11 is 6.25. The number of hydrogen-bond donors (Lipinski definition) is 0. The van der Waals surface area contributed by atoms with Crippen LogP contribution in [0.1, 0.15) is 40.6 Å². The van der Waals surface area contributed by atoms with Gasteiger partial charge in [0.25, 0.3) is 5.76 Å². The molecule has 0 radical (unpaired) electrons. The molecule has 0 aliphatic carbocycles. The Morgan fingerprint density at radius 3 is 2.54 bits per heavy atom. The summed E-state index contributed by atoms with van der Waals surface area (Å²) in [6.07, 6.45) is -3.80. The summed E-state index contributed by atoms with van der Waals surface area (Å²) in [5, 5.41) is 0.541. The van der Waals surface area contributed by atoms with Gasteiger partial charge in [-0.25, -0.2) is 4.79 Å². The molecule has 0 fully saturated rings. The summed E-state index contributed by atoms with van der Waals surface area (Å²) in [6, 6.07) is 15.5. The molecule has 0 saturated carbocycles. The topological polar surface area (TPSA) is 78.2 Å². The van der Waals surface area contributed by atoms with E-state index in [-0.39, 0.29) is 42.2 Å². The zero-order valence-electron chi connectivity index (χ0n) is 21.9. The predicted molar refractivity (Wildman–Crippen MR) is 146 cm³/mol. The zero-order valence-corrected chi connectivity index (χ0v) is 22.7. The minimum Gasteiger partial charge on any atom is -0.478 e. The van der Waals surface area contributed by atoms with Crippen molar-refractivity contribution in [2.75, 3.05) is 19.9 Å². The van der Waals surface area contributed by atoms with E-state index >= 15 is 0 Å². The van der Waals surface area contributed by atoms with E-state index in [0.29, 0.717) is 35.7 Å². The predicted octanol–water partition coefficient (Wildman–Crippen LogP) is 7.22. The van der Waals surface area contributed by atoms with E-state index in [1.807, 2.05) is 30.0 Å². The minimum absolute atomic E-state index is 0.0805. The first kappa shape index (κ1) is 28.5. The van der Waals surface area contributed by atoms with Gasteiger partial charge in [-0.3, -0.25) is 9.69 Å². The van der Waals surface area contributed by atoms with E-state index in [9.17, 15) is 22.8 Å². The van der Waals surface area contributed by atoms with Gasteiger partial charge in [0.1, 0.15) is 23.8 Å². The van der Waals surface area contributed by atoms with Crippen molar-refractivity contribution in [2.24, 2.45) is 0 Å². The summed E-state index contributed by atoms with van der Waals surface area (Å²) in [4.78, 5) is 27.3. The van der Waals surface area contributed by atoms with Crippen molar-refractivity contribution >= 4 is 28.5 Å². The lowest BCUT2D eigenvalue weighted by molar-refractivity contribution is -0.154. The monoisotopic (exact) mass is 587 g/mol. The molecule has 7 nitrogen and oxygen atoms in total. The Kier molecular flexibility index (Phi) is 8.23. The fourth-order valence-corrected chi connectivity index (χ4v) is 4.68. The second-order valence-electron chi connectivity index (χ2n) is 9.44. The summed E-state index contributed by atoms with van der Waals surface area (Å²) in [7, 11) is 0. The maximum Gasteiger partial charge on any atom is 0.453 e. The average molecular weight is 588 g/mol. The van der Waals surface area contributed by atoms with Crippen LogP contribution < -0.4 is 14.9 Å². The number of halogens is 4. The molecule has 4 aromatic rings. The normalized spacial score (nSPS) is 13.5. The van der Waals surface area contributed by atoms with E-state index in [4.69, 9.17) is 30.2 Å². The van der Waals surface area contributed by atoms with Gasteiger partial charge in [-0.2, -0.15) is 13.2 Å². The van der Waals surface area contributed by atoms with Gasteiger partial charge in [-0.15, -0.1) is 0 Å². The van der Waals surface area contributed by atoms with Crippen LogP contribution in [0, 0.1) is 0 Å². The van der Waals surface area contributed by atoms with Crippen molar-refractivity contribution < 1.29 is 36.6 Å². The van der Waals surface area contributed by atoms with Gasteiger partial charge in [0, 0.05) is 18.1 Å². The van der Waals surface area contributed by atoms with E-state index in [2.05, 4.69) is 0 Å². The molecule has 5 rings (SSSR count). The number of esters is 1. The quantitative estimate of drug-likeness (QED) is 0.201. The van der Waals surface area contributed by atoms with Gasteiger partial charge in [-0.05, 0) is 60.9 Å². The summed E-state index contributed by atoms with van der Waals surface area (Å²) < 4.78 is 64.2. The van der Waals surface area contributed by atoms with Crippen LogP contribution in [0.25, 0.3) is 11.0 Å². The lowest BCUT2D eigenvalue weighted by Crippen LogP contribution is -2.34. The second-order valence-corrected chi connectivity index (χ2v) is 9.84. The van der Waals surface area contributed by atoms with Crippen LogP contribution >= 0.6 is 11.6 Å². The fraction of sp³-hybridized carbons (Fsp3) is 0.267. The molecule has 0 atom stereocenters. The fourth-order valence-electron chi connectivity index (χ4n) is 4.45. The van der Waals surface area contributed by atoms with Crippen LogP contribution in [-0.4, -0.2) is 30.8 Å². The molecule has 41 heavy (non-hydrogen) atoms. The van der Waals surface area contributed by atoms with Gasteiger partial charge < -0.3 is 18.6 Å². The average Bonchev–Trinajstić information content (AvgIpc) is 2.96. The van der Waals surface area contributed by atoms with E-state index in [1.54, 1.807) is 6.07 Å². The molecular formula is C30H25ClF3NO6. The first-order chi connectivity index (χ1) is 19.7. The first-order valence-corrected chi connectivity index (χ1v) is 13.3. The van der Waals surface area contributed by atoms with Crippen LogP contribution in [0.15, 0.2) is 69.9 Å². The molecule has 0 saturated heterocycles. The molecule has 11 heteroatoms. The van der Waals surface area contributed by atoms with Crippen LogP contribution in [0.4, 0.5) is 13.2 Å². The standard InChI is InChI=1S/C30H25ClF3NO6/c1-2-15-38-29(37)19-7-9-20(10-8-19)40-27-25(36)21-11-12-24-22(26(21)41-28(27)30(32,33)34)16-35(17-39-24)14-13-18-5-3-4-6-23(18)31/h3-12H,2,13-17H2,1H3. The lowest BCUT2D eigenvalue weighted by atomic mass is 10.1. The molecule has 0 bridgehead atoms. The smallest absolute Gasteiger partial charge is 0.453 e. The van der Waals surface area contributed by atoms with Crippen molar-refractivity contribution in [3.05, 3.63) is 98.4 Å². The summed E-state index contributed by atoms with van der Waals surface area (Å²) in [6.45, 7) is 3.01. The number of benzene rings is 3. The van der Waals surface area contributed by atoms with Gasteiger partial charge in [0.15, 0.2) is 0 Å². The molecular weight excluding hydrogens is 563 g/mol. The van der Waals surface area contributed by atoms with Crippen molar-refractivity contribution in [3.63, 3.8) is 0 Å². The van der Waals surface area contributed by atoms with Gasteiger partial charge in [0.05, 0.1) is 23.1 Å². The Hall–Kier alpha value is -4.02. The highest BCUT2D eigenvalue weighted by molar-refractivity contribution is 6.31. The zero-order chi connectivity index (χ0) is 29.1. The molecule has 214 valence electrons. The minimum atomic E-state index is -5.03. The highest BCUT2D eigenvalue weighted by Crippen LogP contribution is 2.41. The van der Waals surface area contributed by atoms with E-state index < -0.39 is 29.1 Å². The molecule has 0 amide bonds. The number of fused-ring (bicyclic) bond motifs is 3. The van der Waals surface area contributed by atoms with Gasteiger partial charge >= 0.3 is 12.1 Å². The molecule has 0 N–H and O–H groups in total. The third-order valence-corrected chi connectivity index (χ3v) is 6.89. The largest absolute Gasteiger partial charge is 0.478 e. The highest BCUT2D eigenvalue weighted by atomic mass is 35.5. The Bertz CT molecular complexity index is 1630. The number of ether oxygens (including phenoxy) is 3. The SMILES string of the molecule is CCCOC(=O)c1ccc(Oc2c(C(F)(F)F)oc3c4c(ccc3c2=O)OCN(CCc2ccccc2Cl)C4)cc1. The Morgan fingerprint density at radius 2 is 1.83 bits per heavy atom. The third kappa shape index (κ3) is 6.18. The summed E-state index contributed by atoms with van der Waals surface area (Å²) in [5.74, 6) is -2.89. The molecule has 1 aromatic heterocycles. The first-order valence-electron chi connectivity index (χ1n) is 12.9. The highest BCUT2D eigenvalue weighted by Gasteiger charge is 2.41. The Balaban J connectivity index is 1.46. The number of carbonyl (C=O) groups is 1. The lowest BCUT2D eigenvalue weighted by Gasteiger charge is -2.29. The van der Waals surface area contributed by atoms with Crippen molar-refractivity contribution in [3.8, 4) is 17.2 Å². The number of alkyl halides is 3. The maximum atomic E-state index is 14.2. The van der Waals surface area contributed by atoms with Gasteiger partial charge in [0.2, 0.25) is 11.2 Å². The van der Waals surface area contributed by atoms with Gasteiger partial charge in [-0.1, -0.05) is 36.7 Å². The number of carbonyl (C=O) groups excluding carboxylic acids is 1. The van der Waals surface area contributed by atoms with E-state index in [1.165, 1.54) is 36.4 Å².